The third kappa shape index (κ3) is 4.37. The highest BCUT2D eigenvalue weighted by Crippen LogP contribution is 2.63. The molecule has 5 rings (SSSR count). The quantitative estimate of drug-likeness (QED) is 0.670. The molecule has 0 amide bonds. The third-order valence-corrected chi connectivity index (χ3v) is 7.61. The van der Waals surface area contributed by atoms with Crippen molar-refractivity contribution in [2.24, 2.45) is 5.92 Å². The summed E-state index contributed by atoms with van der Waals surface area (Å²) < 4.78 is 51.6. The molecule has 3 aliphatic rings. The van der Waals surface area contributed by atoms with Gasteiger partial charge in [0, 0.05) is 48.0 Å². The lowest BCUT2D eigenvalue weighted by atomic mass is 9.82. The molecule has 0 radical (unpaired) electrons. The van der Waals surface area contributed by atoms with Gasteiger partial charge in [0.15, 0.2) is 11.6 Å². The predicted molar refractivity (Wildman–Crippen MR) is 122 cm³/mol. The molecule has 0 bridgehead atoms. The van der Waals surface area contributed by atoms with Crippen LogP contribution in [0.4, 0.5) is 19.0 Å². The van der Waals surface area contributed by atoms with Gasteiger partial charge in [0.2, 0.25) is 0 Å². The number of halogens is 3. The van der Waals surface area contributed by atoms with Gasteiger partial charge in [-0.3, -0.25) is 9.58 Å². The molecule has 0 aromatic carbocycles. The first kappa shape index (κ1) is 23.4. The van der Waals surface area contributed by atoms with Crippen molar-refractivity contribution in [3.63, 3.8) is 0 Å². The van der Waals surface area contributed by atoms with Crippen molar-refractivity contribution in [1.29, 1.82) is 0 Å². The lowest BCUT2D eigenvalue weighted by Gasteiger charge is -2.36. The second-order valence-electron chi connectivity index (χ2n) is 10.1. The molecule has 2 saturated carbocycles. The van der Waals surface area contributed by atoms with E-state index in [9.17, 15) is 13.2 Å². The number of nitrogens with two attached hydrogens (primary N) is 1. The molecule has 3 heterocycles. The van der Waals surface area contributed by atoms with Crippen molar-refractivity contribution in [3.05, 3.63) is 24.0 Å². The van der Waals surface area contributed by atoms with Crippen molar-refractivity contribution in [2.75, 3.05) is 32.0 Å². The molecular formula is C24H32F3N5O2. The number of rotatable bonds is 6. The summed E-state index contributed by atoms with van der Waals surface area (Å²) in [7, 11) is 0. The van der Waals surface area contributed by atoms with Gasteiger partial charge in [-0.1, -0.05) is 0 Å². The molecule has 186 valence electrons. The lowest BCUT2D eigenvalue weighted by Crippen LogP contribution is -2.43. The van der Waals surface area contributed by atoms with Crippen molar-refractivity contribution in [1.82, 2.24) is 19.7 Å². The minimum Gasteiger partial charge on any atom is -0.431 e. The zero-order valence-electron chi connectivity index (χ0n) is 19.6. The number of ether oxygens (including phenoxy) is 2. The Hall–Kier alpha value is -2.33. The fourth-order valence-electron chi connectivity index (χ4n) is 5.85. The zero-order chi connectivity index (χ0) is 24.0. The van der Waals surface area contributed by atoms with E-state index in [0.29, 0.717) is 36.4 Å². The molecule has 2 aromatic rings. The van der Waals surface area contributed by atoms with Gasteiger partial charge < -0.3 is 15.2 Å². The van der Waals surface area contributed by atoms with E-state index in [1.54, 1.807) is 0 Å². The first-order chi connectivity index (χ1) is 16.3. The van der Waals surface area contributed by atoms with Crippen LogP contribution >= 0.6 is 0 Å². The van der Waals surface area contributed by atoms with E-state index in [0.717, 1.165) is 32.2 Å². The molecule has 4 atom stereocenters. The van der Waals surface area contributed by atoms with Gasteiger partial charge in [-0.05, 0) is 57.6 Å². The molecule has 3 fully saturated rings. The average molecular weight is 480 g/mol. The van der Waals surface area contributed by atoms with Crippen LogP contribution < -0.4 is 10.5 Å². The first-order valence-corrected chi connectivity index (χ1v) is 12.0. The number of fused-ring (bicyclic) bond motifs is 1. The normalized spacial score (nSPS) is 29.8. The van der Waals surface area contributed by atoms with Crippen LogP contribution in [0, 0.1) is 5.92 Å². The van der Waals surface area contributed by atoms with E-state index >= 15 is 0 Å². The van der Waals surface area contributed by atoms with E-state index < -0.39 is 12.8 Å². The van der Waals surface area contributed by atoms with Crippen LogP contribution in [0.3, 0.4) is 0 Å². The highest BCUT2D eigenvalue weighted by Gasteiger charge is 2.60. The second kappa shape index (κ2) is 9.03. The SMILES string of the molecule is CC(C)n1nc(-c2cnc(N)c(OC(F)F)c2)cc1C12CCC(N3CCOCC(F)C3)C[C@H]1C2. The summed E-state index contributed by atoms with van der Waals surface area (Å²) >= 11 is 0. The van der Waals surface area contributed by atoms with E-state index in [1.807, 2.05) is 0 Å². The summed E-state index contributed by atoms with van der Waals surface area (Å²) in [5.41, 5.74) is 8.20. The van der Waals surface area contributed by atoms with Crippen LogP contribution in [0.5, 0.6) is 5.75 Å². The number of anilines is 1. The minimum absolute atomic E-state index is 0.0625. The molecule has 2 N–H and O–H groups in total. The standard InChI is InChI=1S/C24H32F3N5O2/c1-14(2)32-21(9-19(30-32)15-7-20(34-23(26)27)22(28)29-11-15)24-4-3-18(8-16(24)10-24)31-5-6-33-13-17(25)12-31/h7,9,11,14,16-18,23H,3-6,8,10,12-13H2,1-2H3,(H2,28,29)/t16-,17?,18?,24?/m0/s1. The Morgan fingerprint density at radius 3 is 2.85 bits per heavy atom. The fraction of sp³-hybridized carbons (Fsp3) is 0.667. The Morgan fingerprint density at radius 2 is 2.12 bits per heavy atom. The van der Waals surface area contributed by atoms with Gasteiger partial charge in [0.05, 0.1) is 18.9 Å². The molecular weight excluding hydrogens is 447 g/mol. The van der Waals surface area contributed by atoms with E-state index in [2.05, 4.69) is 39.2 Å². The summed E-state index contributed by atoms with van der Waals surface area (Å²) in [4.78, 5) is 6.31. The van der Waals surface area contributed by atoms with E-state index in [1.165, 1.54) is 18.0 Å². The first-order valence-electron chi connectivity index (χ1n) is 12.0. The molecule has 1 saturated heterocycles. The summed E-state index contributed by atoms with van der Waals surface area (Å²) in [6, 6.07) is 4.06. The number of alkyl halides is 3. The molecule has 34 heavy (non-hydrogen) atoms. The third-order valence-electron chi connectivity index (χ3n) is 7.61. The van der Waals surface area contributed by atoms with Gasteiger partial charge in [0.1, 0.15) is 6.17 Å². The van der Waals surface area contributed by atoms with Gasteiger partial charge in [-0.15, -0.1) is 0 Å². The van der Waals surface area contributed by atoms with Crippen LogP contribution in [0.1, 0.15) is 51.3 Å². The number of nitrogens with zero attached hydrogens (tertiary/aromatic N) is 4. The molecule has 2 aliphatic carbocycles. The number of aromatic nitrogens is 3. The van der Waals surface area contributed by atoms with Crippen LogP contribution in [0.2, 0.25) is 0 Å². The molecule has 10 heteroatoms. The maximum Gasteiger partial charge on any atom is 0.387 e. The van der Waals surface area contributed by atoms with Crippen molar-refractivity contribution < 1.29 is 22.6 Å². The van der Waals surface area contributed by atoms with E-state index in [4.69, 9.17) is 15.6 Å². The average Bonchev–Trinajstić information content (AvgIpc) is 3.42. The molecule has 0 spiro atoms. The smallest absolute Gasteiger partial charge is 0.387 e. The summed E-state index contributed by atoms with van der Waals surface area (Å²) in [6.45, 7) is 3.21. The van der Waals surface area contributed by atoms with Crippen LogP contribution in [-0.4, -0.2) is 64.8 Å². The molecule has 3 unspecified atom stereocenters. The van der Waals surface area contributed by atoms with Gasteiger partial charge in [0.25, 0.3) is 0 Å². The Balaban J connectivity index is 1.38. The van der Waals surface area contributed by atoms with Gasteiger partial charge in [-0.2, -0.15) is 13.9 Å². The molecule has 1 aliphatic heterocycles. The monoisotopic (exact) mass is 479 g/mol. The lowest BCUT2D eigenvalue weighted by molar-refractivity contribution is -0.0494. The van der Waals surface area contributed by atoms with Crippen molar-refractivity contribution in [2.45, 2.75) is 69.8 Å². The Bertz CT molecular complexity index is 1030. The topological polar surface area (TPSA) is 78.4 Å². The van der Waals surface area contributed by atoms with Crippen LogP contribution in [-0.2, 0) is 10.2 Å². The highest BCUT2D eigenvalue weighted by atomic mass is 19.3. The number of hydrogen-bond acceptors (Lipinski definition) is 6. The number of pyridine rings is 1. The summed E-state index contributed by atoms with van der Waals surface area (Å²) in [6.07, 6.45) is 4.78. The largest absolute Gasteiger partial charge is 0.431 e. The maximum absolute atomic E-state index is 14.1. The van der Waals surface area contributed by atoms with Crippen LogP contribution in [0.25, 0.3) is 11.3 Å². The van der Waals surface area contributed by atoms with Gasteiger partial charge >= 0.3 is 6.61 Å². The summed E-state index contributed by atoms with van der Waals surface area (Å²) in [5.74, 6) is 0.294. The van der Waals surface area contributed by atoms with Gasteiger partial charge in [-0.25, -0.2) is 9.37 Å². The predicted octanol–water partition coefficient (Wildman–Crippen LogP) is 4.19. The maximum atomic E-state index is 14.1. The van der Waals surface area contributed by atoms with Crippen molar-refractivity contribution in [3.8, 4) is 17.0 Å². The second-order valence-corrected chi connectivity index (χ2v) is 10.1. The van der Waals surface area contributed by atoms with E-state index in [-0.39, 0.29) is 29.6 Å². The zero-order valence-corrected chi connectivity index (χ0v) is 19.6. The minimum atomic E-state index is -2.98. The highest BCUT2D eigenvalue weighted by molar-refractivity contribution is 5.65. The van der Waals surface area contributed by atoms with Crippen molar-refractivity contribution >= 4 is 5.82 Å². The Kier molecular flexibility index (Phi) is 6.22. The number of hydrogen-bond donors (Lipinski definition) is 1. The number of nitrogen functional groups attached to an aromatic ring is 1. The fourth-order valence-corrected chi connectivity index (χ4v) is 5.85. The Labute approximate surface area is 197 Å². The molecule has 7 nitrogen and oxygen atoms in total. The Morgan fingerprint density at radius 1 is 1.29 bits per heavy atom. The molecule has 2 aromatic heterocycles. The van der Waals surface area contributed by atoms with Crippen LogP contribution in [0.15, 0.2) is 18.3 Å². The summed E-state index contributed by atoms with van der Waals surface area (Å²) in [5, 5.41) is 4.82.